The van der Waals surface area contributed by atoms with Gasteiger partial charge in [-0.15, -0.1) is 0 Å². The largest absolute Gasteiger partial charge is 0.310 e. The molecule has 8 heteroatoms. The van der Waals surface area contributed by atoms with E-state index in [1.165, 1.54) is 166 Å². The molecule has 0 fully saturated rings. The highest BCUT2D eigenvalue weighted by atomic mass is 28.3. The van der Waals surface area contributed by atoms with Gasteiger partial charge in [0, 0.05) is 101 Å². The maximum absolute atomic E-state index is 2.72. The van der Waals surface area contributed by atoms with Gasteiger partial charge < -0.3 is 29.4 Å². The highest BCUT2D eigenvalue weighted by Crippen LogP contribution is 2.63. The Bertz CT molecular complexity index is 5410. The lowest BCUT2D eigenvalue weighted by molar-refractivity contribution is 0.661. The molecule has 8 aliphatic rings. The van der Waals surface area contributed by atoms with E-state index in [9.17, 15) is 0 Å². The van der Waals surface area contributed by atoms with Gasteiger partial charge in [-0.25, -0.2) is 0 Å². The van der Waals surface area contributed by atoms with Crippen LogP contribution in [0.1, 0.15) is 49.9 Å². The summed E-state index contributed by atoms with van der Waals surface area (Å²) in [4.78, 5) is 16.2. The minimum absolute atomic E-state index is 0.309. The lowest BCUT2D eigenvalue weighted by Crippen LogP contribution is -2.66. The van der Waals surface area contributed by atoms with Gasteiger partial charge in [0.15, 0.2) is 0 Å². The second-order valence-corrected chi connectivity index (χ2v) is 33.4. The number of para-hydroxylation sites is 6. The number of anilines is 18. The molecular formula is C88H62N6Si2. The normalized spacial score (nSPS) is 17.0. The number of hydrogen-bond donors (Lipinski definition) is 0. The topological polar surface area (TPSA) is 19.4 Å². The molecule has 6 nitrogen and oxygen atoms in total. The Morgan fingerprint density at radius 3 is 0.802 bits per heavy atom. The quantitative estimate of drug-likeness (QED) is 0.153. The van der Waals surface area contributed by atoms with E-state index in [2.05, 4.69) is 348 Å². The average Bonchev–Trinajstić information content (AvgIpc) is 0.855. The predicted molar refractivity (Wildman–Crippen MR) is 406 cm³/mol. The van der Waals surface area contributed by atoms with Crippen molar-refractivity contribution >= 4 is 162 Å². The van der Waals surface area contributed by atoms with Crippen LogP contribution in [0.4, 0.5) is 102 Å². The zero-order chi connectivity index (χ0) is 63.2. The van der Waals surface area contributed by atoms with E-state index < -0.39 is 17.6 Å². The zero-order valence-electron chi connectivity index (χ0n) is 53.6. The third-order valence-corrected chi connectivity index (χ3v) is 29.8. The molecule has 6 aliphatic heterocycles. The molecule has 96 heavy (non-hydrogen) atoms. The van der Waals surface area contributed by atoms with E-state index >= 15 is 0 Å². The van der Waals surface area contributed by atoms with Crippen molar-refractivity contribution in [2.45, 2.75) is 38.5 Å². The van der Waals surface area contributed by atoms with Crippen LogP contribution in [-0.4, -0.2) is 17.6 Å². The molecule has 2 unspecified atom stereocenters. The Kier molecular flexibility index (Phi) is 10.3. The summed E-state index contributed by atoms with van der Waals surface area (Å²) in [7, 11) is -5.12. The van der Waals surface area contributed by atoms with E-state index in [1.807, 2.05) is 0 Å². The van der Waals surface area contributed by atoms with Gasteiger partial charge in [0.25, 0.3) is 0 Å². The van der Waals surface area contributed by atoms with Crippen LogP contribution >= 0.6 is 0 Å². The number of fused-ring (bicyclic) bond motifs is 11. The summed E-state index contributed by atoms with van der Waals surface area (Å²) in [6, 6.07) is 112. The number of benzene rings is 14. The third kappa shape index (κ3) is 6.51. The standard InChI is InChI=1S/C88H62N6Si2/c1-87(2)65-43-25-23-41-59(65)61-49-71-85-79(75(61)87)93(57-37-19-9-20-38-57)69-47-27-45-67-81(69)95(85)83-73(89(71)53-29-11-5-12-30-53)51-64-63(77(83)91(67)55-33-15-7-16-34-55)52-74-84-78(64)92(56-35-17-8-18-36-56)68-46-28-48-70-82(68)96(84)86-72(90(74)54-31-13-6-14-32-54)50-62-60-42-24-26-44-66(60)88(3,4)76(62)80(86)94(70)58-39-21-10-22-40-58/h5-52,95-96H,1-4H3. The molecule has 0 radical (unpaired) electrons. The molecular weight excluding hydrogens is 1200 g/mol. The van der Waals surface area contributed by atoms with Crippen LogP contribution in [-0.2, 0) is 10.8 Å². The Morgan fingerprint density at radius 1 is 0.219 bits per heavy atom. The van der Waals surface area contributed by atoms with E-state index in [-0.39, 0.29) is 10.8 Å². The van der Waals surface area contributed by atoms with Crippen LogP contribution in [0.5, 0.6) is 0 Å². The lowest BCUT2D eigenvalue weighted by atomic mass is 9.80. The van der Waals surface area contributed by atoms with E-state index in [1.54, 1.807) is 0 Å². The van der Waals surface area contributed by atoms with Gasteiger partial charge in [0.1, 0.15) is 17.6 Å². The minimum atomic E-state index is -2.56. The molecule has 0 spiro atoms. The Labute approximate surface area is 561 Å². The van der Waals surface area contributed by atoms with Crippen LogP contribution in [0.2, 0.25) is 0 Å². The smallest absolute Gasteiger partial charge is 0.149 e. The second kappa shape index (κ2) is 18.7. The fraction of sp³-hybridized carbons (Fsp3) is 0.0682. The van der Waals surface area contributed by atoms with Gasteiger partial charge in [-0.2, -0.15) is 0 Å². The maximum atomic E-state index is 2.72. The molecule has 22 rings (SSSR count). The first kappa shape index (κ1) is 53.0. The van der Waals surface area contributed by atoms with Crippen molar-refractivity contribution in [1.82, 2.24) is 0 Å². The van der Waals surface area contributed by atoms with E-state index in [0.717, 1.165) is 22.7 Å². The van der Waals surface area contributed by atoms with Gasteiger partial charge in [0.05, 0.1) is 22.7 Å². The fourth-order valence-corrected chi connectivity index (χ4v) is 27.4. The number of rotatable bonds is 6. The van der Waals surface area contributed by atoms with Crippen LogP contribution in [0, 0.1) is 0 Å². The predicted octanol–water partition coefficient (Wildman–Crippen LogP) is 18.6. The van der Waals surface area contributed by atoms with Crippen molar-refractivity contribution in [2.24, 2.45) is 0 Å². The molecule has 452 valence electrons. The van der Waals surface area contributed by atoms with Crippen molar-refractivity contribution < 1.29 is 0 Å². The summed E-state index contributed by atoms with van der Waals surface area (Å²) in [6.07, 6.45) is 0. The van der Waals surface area contributed by atoms with Gasteiger partial charge in [-0.1, -0.05) is 198 Å². The molecule has 2 aliphatic carbocycles. The number of hydrogen-bond acceptors (Lipinski definition) is 6. The summed E-state index contributed by atoms with van der Waals surface area (Å²) in [5.74, 6) is 0. The molecule has 0 aromatic heterocycles. The molecule has 14 aromatic rings. The molecule has 0 bridgehead atoms. The molecule has 0 amide bonds. The van der Waals surface area contributed by atoms with Crippen molar-refractivity contribution in [3.05, 3.63) is 313 Å². The van der Waals surface area contributed by atoms with Crippen molar-refractivity contribution in [3.8, 4) is 22.3 Å². The van der Waals surface area contributed by atoms with Crippen LogP contribution in [0.15, 0.2) is 291 Å². The summed E-state index contributed by atoms with van der Waals surface area (Å²) < 4.78 is 0. The first-order valence-electron chi connectivity index (χ1n) is 33.9. The Hall–Kier alpha value is -11.4. The van der Waals surface area contributed by atoms with Crippen molar-refractivity contribution in [3.63, 3.8) is 0 Å². The molecule has 14 aromatic carbocycles. The summed E-state index contributed by atoms with van der Waals surface area (Å²) >= 11 is 0. The van der Waals surface area contributed by atoms with Gasteiger partial charge >= 0.3 is 0 Å². The SMILES string of the molecule is CC1(C)c2ccccc2-c2cc3c4c(c21)N(c1ccccc1)c1cccc2c1[SiH]4c1c(cc4c5c6c(cc4c1N2c1ccccc1)N(c1ccccc1)c1cc2c(c4c1[SiH]6c1c(cccc1N5c1ccccc1)N4c1ccccc1)C(C)(C)c1ccccc1-2)N3c1ccccc1. The van der Waals surface area contributed by atoms with Crippen molar-refractivity contribution in [2.75, 3.05) is 29.4 Å². The highest BCUT2D eigenvalue weighted by Gasteiger charge is 2.56. The van der Waals surface area contributed by atoms with Gasteiger partial charge in [-0.05, 0) is 197 Å². The van der Waals surface area contributed by atoms with E-state index in [0.29, 0.717) is 0 Å². The van der Waals surface area contributed by atoms with Crippen LogP contribution < -0.4 is 60.5 Å². The lowest BCUT2D eigenvalue weighted by Gasteiger charge is -2.52. The van der Waals surface area contributed by atoms with Crippen LogP contribution in [0.25, 0.3) is 33.0 Å². The van der Waals surface area contributed by atoms with Gasteiger partial charge in [0.2, 0.25) is 0 Å². The Morgan fingerprint density at radius 2 is 0.479 bits per heavy atom. The summed E-state index contributed by atoms with van der Waals surface area (Å²) in [6.45, 7) is 9.93. The van der Waals surface area contributed by atoms with Crippen molar-refractivity contribution in [1.29, 1.82) is 0 Å². The minimum Gasteiger partial charge on any atom is -0.310 e. The summed E-state index contributed by atoms with van der Waals surface area (Å²) in [5.41, 5.74) is 32.5. The highest BCUT2D eigenvalue weighted by molar-refractivity contribution is 7.04. The number of nitrogens with zero attached hydrogens (tertiary/aromatic N) is 6. The van der Waals surface area contributed by atoms with Crippen LogP contribution in [0.3, 0.4) is 0 Å². The molecule has 0 saturated carbocycles. The molecule has 6 heterocycles. The van der Waals surface area contributed by atoms with E-state index in [4.69, 9.17) is 0 Å². The van der Waals surface area contributed by atoms with Gasteiger partial charge in [-0.3, -0.25) is 0 Å². The zero-order valence-corrected chi connectivity index (χ0v) is 55.9. The Balaban J connectivity index is 0.956. The first-order chi connectivity index (χ1) is 47.3. The molecule has 0 N–H and O–H groups in total. The molecule has 2 atom stereocenters. The summed E-state index contributed by atoms with van der Waals surface area (Å²) in [5, 5.41) is 11.3. The molecule has 0 saturated heterocycles. The monoisotopic (exact) mass is 1260 g/mol. The maximum Gasteiger partial charge on any atom is 0.149 e. The second-order valence-electron chi connectivity index (χ2n) is 28.2. The fourth-order valence-electron chi connectivity index (χ4n) is 19.3. The first-order valence-corrected chi connectivity index (χ1v) is 37.4. The third-order valence-electron chi connectivity index (χ3n) is 22.9. The average molecular weight is 1260 g/mol.